The molecule has 3 fully saturated rings. The van der Waals surface area contributed by atoms with Gasteiger partial charge in [-0.1, -0.05) is 0 Å². The van der Waals surface area contributed by atoms with Gasteiger partial charge in [0.1, 0.15) is 66.5 Å². The average molecular weight is 778 g/mol. The van der Waals surface area contributed by atoms with Gasteiger partial charge in [-0.2, -0.15) is 0 Å². The van der Waals surface area contributed by atoms with Crippen LogP contribution in [-0.4, -0.2) is 163 Å². The molecule has 0 aromatic heterocycles. The van der Waals surface area contributed by atoms with Crippen LogP contribution in [0.1, 0.15) is 58.3 Å². The molecule has 0 aliphatic carbocycles. The molecule has 3 aliphatic heterocycles. The van der Waals surface area contributed by atoms with Crippen LogP contribution in [0.15, 0.2) is 24.3 Å². The fourth-order valence-corrected chi connectivity index (χ4v) is 6.26. The number of nitro groups is 1. The van der Waals surface area contributed by atoms with Crippen molar-refractivity contribution in [3.63, 3.8) is 0 Å². The van der Waals surface area contributed by atoms with Crippen LogP contribution < -0.4 is 4.74 Å². The average Bonchev–Trinajstić information content (AvgIpc) is 3.14. The molecule has 8 N–H and O–H groups in total. The normalized spacial score (nSPS) is 35.7. The van der Waals surface area contributed by atoms with Gasteiger partial charge in [0.2, 0.25) is 0 Å². The highest BCUT2D eigenvalue weighted by Gasteiger charge is 2.53. The van der Waals surface area contributed by atoms with Crippen LogP contribution in [0, 0.1) is 10.1 Å². The Bertz CT molecular complexity index is 1320. The summed E-state index contributed by atoms with van der Waals surface area (Å²) in [6.07, 6.45) is -18.2. The molecule has 54 heavy (non-hydrogen) atoms. The van der Waals surface area contributed by atoms with Gasteiger partial charge in [-0.05, 0) is 44.7 Å². The number of Topliss-reactive ketones (excluding diaryl/α,β-unsaturated/α-hetero) is 1. The van der Waals surface area contributed by atoms with E-state index >= 15 is 0 Å². The van der Waals surface area contributed by atoms with Gasteiger partial charge in [-0.25, -0.2) is 0 Å². The molecule has 20 heteroatoms. The van der Waals surface area contributed by atoms with Gasteiger partial charge in [0.05, 0.1) is 30.3 Å². The summed E-state index contributed by atoms with van der Waals surface area (Å²) in [4.78, 5) is 34.8. The van der Waals surface area contributed by atoms with E-state index in [1.807, 2.05) is 0 Å². The quantitative estimate of drug-likeness (QED) is 0.0256. The largest absolute Gasteiger partial charge is 0.427 e. The Morgan fingerprint density at radius 3 is 2.00 bits per heavy atom. The number of hydrogen-bond donors (Lipinski definition) is 8. The van der Waals surface area contributed by atoms with Crippen molar-refractivity contribution in [2.24, 2.45) is 0 Å². The summed E-state index contributed by atoms with van der Waals surface area (Å²) < 4.78 is 40.1. The number of aliphatic hydroxyl groups is 8. The first kappa shape index (κ1) is 43.9. The van der Waals surface area contributed by atoms with Gasteiger partial charge < -0.3 is 74.0 Å². The predicted octanol–water partition coefficient (Wildman–Crippen LogP) is -1.68. The number of ether oxygens (including phenoxy) is 7. The minimum atomic E-state index is -1.85. The highest BCUT2D eigenvalue weighted by atomic mass is 16.8. The molecule has 4 rings (SSSR count). The lowest BCUT2D eigenvalue weighted by Crippen LogP contribution is -2.66. The Morgan fingerprint density at radius 1 is 0.759 bits per heavy atom. The summed E-state index contributed by atoms with van der Waals surface area (Å²) in [6, 6.07) is 5.10. The summed E-state index contributed by atoms with van der Waals surface area (Å²) in [5.41, 5.74) is -0.132. The Morgan fingerprint density at radius 2 is 1.37 bits per heavy atom. The lowest BCUT2D eigenvalue weighted by atomic mass is 9.96. The van der Waals surface area contributed by atoms with Crippen molar-refractivity contribution < 1.29 is 88.5 Å². The summed E-state index contributed by atoms with van der Waals surface area (Å²) in [5, 5.41) is 93.2. The maximum Gasteiger partial charge on any atom is 0.311 e. The first-order valence-corrected chi connectivity index (χ1v) is 17.9. The smallest absolute Gasteiger partial charge is 0.311 e. The molecule has 3 saturated heterocycles. The summed E-state index contributed by atoms with van der Waals surface area (Å²) >= 11 is 0. The van der Waals surface area contributed by atoms with E-state index in [-0.39, 0.29) is 49.5 Å². The number of nitro benzene ring substituents is 1. The van der Waals surface area contributed by atoms with Crippen molar-refractivity contribution in [3.8, 4) is 5.75 Å². The van der Waals surface area contributed by atoms with Crippen molar-refractivity contribution in [3.05, 3.63) is 34.4 Å². The van der Waals surface area contributed by atoms with Crippen LogP contribution >= 0.6 is 0 Å². The van der Waals surface area contributed by atoms with E-state index in [0.29, 0.717) is 25.7 Å². The van der Waals surface area contributed by atoms with E-state index in [9.17, 15) is 60.6 Å². The first-order valence-electron chi connectivity index (χ1n) is 17.9. The molecule has 0 bridgehead atoms. The van der Waals surface area contributed by atoms with Crippen LogP contribution in [0.4, 0.5) is 5.69 Å². The van der Waals surface area contributed by atoms with Gasteiger partial charge in [0.15, 0.2) is 18.9 Å². The Hall–Kier alpha value is -2.80. The minimum absolute atomic E-state index is 0.00341. The fourth-order valence-electron chi connectivity index (χ4n) is 6.26. The van der Waals surface area contributed by atoms with Gasteiger partial charge >= 0.3 is 5.97 Å². The number of ketones is 1. The van der Waals surface area contributed by atoms with Crippen molar-refractivity contribution >= 4 is 17.4 Å². The molecule has 1 aromatic rings. The first-order chi connectivity index (χ1) is 25.7. The number of nitrogens with zero attached hydrogens (tertiary/aromatic N) is 1. The molecule has 3 aliphatic rings. The van der Waals surface area contributed by atoms with Crippen LogP contribution in [0.5, 0.6) is 5.75 Å². The molecular formula is C34H51NO19. The standard InChI is InChI=1S/C34H51NO19/c1-17-26(41)21(39)14-25(49-17)53-32-31(54-33-30(45)29(44)27(42)22(15-36)51-33)28(43)23(16-37)52-34(32)48-13-5-4-7-19(38)6-2-3-8-24(40)50-20-11-9-18(10-12-20)35(46)47/h9-12,17,21-23,25-34,36-37,39,41-45H,2-8,13-16H2,1H3/t17?,21-,22?,23?,25+,26-,27+,28+,29+,30?,31?,32+,33-,34-/m1/s1. The van der Waals surface area contributed by atoms with Crippen molar-refractivity contribution in [1.82, 2.24) is 0 Å². The third kappa shape index (κ3) is 11.9. The van der Waals surface area contributed by atoms with Gasteiger partial charge in [-0.15, -0.1) is 0 Å². The molecule has 20 nitrogen and oxygen atoms in total. The van der Waals surface area contributed by atoms with E-state index in [1.165, 1.54) is 31.2 Å². The van der Waals surface area contributed by atoms with Gasteiger partial charge in [0, 0.05) is 44.4 Å². The highest BCUT2D eigenvalue weighted by molar-refractivity contribution is 5.78. The van der Waals surface area contributed by atoms with Crippen LogP contribution in [0.2, 0.25) is 0 Å². The van der Waals surface area contributed by atoms with Crippen molar-refractivity contribution in [1.29, 1.82) is 0 Å². The minimum Gasteiger partial charge on any atom is -0.427 e. The summed E-state index contributed by atoms with van der Waals surface area (Å²) in [6.45, 7) is 0.0421. The van der Waals surface area contributed by atoms with Gasteiger partial charge in [0.25, 0.3) is 5.69 Å². The molecule has 0 radical (unpaired) electrons. The number of rotatable bonds is 19. The number of benzene rings is 1. The van der Waals surface area contributed by atoms with Crippen LogP contribution in [-0.2, 0) is 38.0 Å². The number of non-ortho nitro benzene ring substituents is 1. The molecule has 0 saturated carbocycles. The van der Waals surface area contributed by atoms with E-state index in [0.717, 1.165) is 0 Å². The number of carbonyl (C=O) groups excluding carboxylic acids is 2. The molecule has 5 unspecified atom stereocenters. The molecule has 3 heterocycles. The topological polar surface area (TPSA) is 304 Å². The zero-order valence-corrected chi connectivity index (χ0v) is 29.7. The number of aliphatic hydroxyl groups excluding tert-OH is 8. The van der Waals surface area contributed by atoms with E-state index < -0.39 is 110 Å². The lowest BCUT2D eigenvalue weighted by Gasteiger charge is -2.48. The second kappa shape index (κ2) is 20.9. The van der Waals surface area contributed by atoms with Gasteiger partial charge in [-0.3, -0.25) is 19.7 Å². The molecular weight excluding hydrogens is 726 g/mol. The lowest BCUT2D eigenvalue weighted by molar-refractivity contribution is -0.384. The second-order valence-electron chi connectivity index (χ2n) is 13.5. The van der Waals surface area contributed by atoms with Crippen LogP contribution in [0.3, 0.4) is 0 Å². The van der Waals surface area contributed by atoms with Crippen molar-refractivity contribution in [2.75, 3.05) is 19.8 Å². The highest BCUT2D eigenvalue weighted by Crippen LogP contribution is 2.34. The third-order valence-electron chi connectivity index (χ3n) is 9.42. The Kier molecular flexibility index (Phi) is 17.0. The number of esters is 1. The van der Waals surface area contributed by atoms with E-state index in [4.69, 9.17) is 33.2 Å². The third-order valence-corrected chi connectivity index (χ3v) is 9.42. The molecule has 0 amide bonds. The summed E-state index contributed by atoms with van der Waals surface area (Å²) in [7, 11) is 0. The zero-order valence-electron chi connectivity index (χ0n) is 29.7. The molecule has 0 spiro atoms. The Balaban J connectivity index is 1.29. The number of hydrogen-bond acceptors (Lipinski definition) is 19. The van der Waals surface area contributed by atoms with E-state index in [1.54, 1.807) is 0 Å². The summed E-state index contributed by atoms with van der Waals surface area (Å²) in [5.74, 6) is -0.402. The van der Waals surface area contributed by atoms with E-state index in [2.05, 4.69) is 0 Å². The molecule has 1 aromatic carbocycles. The predicted molar refractivity (Wildman–Crippen MR) is 178 cm³/mol. The van der Waals surface area contributed by atoms with Crippen LogP contribution in [0.25, 0.3) is 0 Å². The Labute approximate surface area is 310 Å². The van der Waals surface area contributed by atoms with Crippen molar-refractivity contribution in [2.45, 2.75) is 144 Å². The fraction of sp³-hybridized carbons (Fsp3) is 0.765. The zero-order chi connectivity index (χ0) is 39.5. The number of carbonyl (C=O) groups is 2. The monoisotopic (exact) mass is 777 g/mol. The SMILES string of the molecule is CC1O[C@@H](O[C@H]2C(O[C@H]3OC(CO)[C@H](O)[C@H](O)C3O)[C@@H](O)C(CO)O[C@H]2OCCCCC(=O)CCCCC(=O)Oc2ccc([N+](=O)[O-])cc2)C[C@@H](O)[C@@H]1O. The maximum absolute atomic E-state index is 12.5. The second-order valence-corrected chi connectivity index (χ2v) is 13.5. The maximum atomic E-state index is 12.5. The molecule has 306 valence electrons. The number of unbranched alkanes of at least 4 members (excludes halogenated alkanes) is 2. The molecule has 14 atom stereocenters.